The van der Waals surface area contributed by atoms with Gasteiger partial charge in [-0.05, 0) is 31.9 Å². The number of nitrogens with zero attached hydrogens (tertiary/aromatic N) is 2. The van der Waals surface area contributed by atoms with E-state index in [1.807, 2.05) is 0 Å². The topological polar surface area (TPSA) is 225 Å². The summed E-state index contributed by atoms with van der Waals surface area (Å²) < 4.78 is 0. The number of nitrogen functional groups attached to an aromatic ring is 1. The summed E-state index contributed by atoms with van der Waals surface area (Å²) >= 11 is 0.970. The van der Waals surface area contributed by atoms with E-state index in [9.17, 15) is 34.6 Å². The van der Waals surface area contributed by atoms with E-state index < -0.39 is 53.5 Å². The van der Waals surface area contributed by atoms with E-state index in [0.717, 1.165) is 17.4 Å². The molecule has 15 heteroatoms. The molecule has 1 amide bonds. The summed E-state index contributed by atoms with van der Waals surface area (Å²) in [6.45, 7) is 2.39. The Kier molecular flexibility index (Phi) is 7.97. The number of anilines is 1. The third-order valence-corrected chi connectivity index (χ3v) is 5.00. The van der Waals surface area contributed by atoms with Crippen molar-refractivity contribution >= 4 is 47.1 Å². The number of aromatic nitrogens is 1. The van der Waals surface area contributed by atoms with E-state index in [2.05, 4.69) is 15.5 Å². The molecule has 2 aromatic rings. The van der Waals surface area contributed by atoms with Crippen molar-refractivity contribution in [2.24, 2.45) is 5.16 Å². The lowest BCUT2D eigenvalue weighted by atomic mass is 9.75. The number of rotatable bonds is 10. The van der Waals surface area contributed by atoms with Gasteiger partial charge in [-0.2, -0.15) is 0 Å². The van der Waals surface area contributed by atoms with Gasteiger partial charge in [0.2, 0.25) is 5.60 Å². The normalized spacial score (nSPS) is 12.7. The largest absolute Gasteiger partial charge is 0.507 e. The van der Waals surface area contributed by atoms with Gasteiger partial charge in [0.1, 0.15) is 17.0 Å². The number of amides is 1. The summed E-state index contributed by atoms with van der Waals surface area (Å²) in [5.74, 6) is -5.80. The van der Waals surface area contributed by atoms with Crippen LogP contribution in [0.1, 0.15) is 35.5 Å². The molecule has 0 aliphatic carbocycles. The number of carboxylic acid groups (broad SMARTS) is 2. The Morgan fingerprint density at radius 2 is 1.97 bits per heavy atom. The number of nitrogens with two attached hydrogens (primary N) is 1. The molecular weight excluding hydrogens is 459 g/mol. The first-order valence-corrected chi connectivity index (χ1v) is 10.1. The molecule has 33 heavy (non-hydrogen) atoms. The second kappa shape index (κ2) is 10.3. The Labute approximate surface area is 191 Å². The SMILES string of the molecule is CC(C)(O/N=C(/C(=O)NC(Cc1cccc(C(=O)O)c1O)B(O)O)c1csc(N)n1)C(=O)O. The highest BCUT2D eigenvalue weighted by atomic mass is 32.1. The van der Waals surface area contributed by atoms with E-state index in [4.69, 9.17) is 15.7 Å². The van der Waals surface area contributed by atoms with Crippen molar-refractivity contribution in [2.75, 3.05) is 5.73 Å². The predicted octanol–water partition coefficient (Wildman–Crippen LogP) is -0.548. The van der Waals surface area contributed by atoms with Crippen LogP contribution in [0.2, 0.25) is 0 Å². The van der Waals surface area contributed by atoms with Crippen LogP contribution < -0.4 is 11.1 Å². The minimum Gasteiger partial charge on any atom is -0.507 e. The predicted molar refractivity (Wildman–Crippen MR) is 117 cm³/mol. The molecule has 0 aliphatic heterocycles. The number of oxime groups is 1. The van der Waals surface area contributed by atoms with Crippen molar-refractivity contribution in [3.05, 3.63) is 40.4 Å². The molecule has 1 atom stereocenters. The van der Waals surface area contributed by atoms with Crippen molar-refractivity contribution in [1.82, 2.24) is 10.3 Å². The van der Waals surface area contributed by atoms with Gasteiger partial charge in [0.05, 0.1) is 5.94 Å². The standard InChI is InChI=1S/C18H21BN4O9S/c1-18(2,16(28)29)32-23-12(10-7-33-17(20)21-10)14(25)22-11(19(30)31)6-8-4-3-5-9(13(8)24)15(26)27/h3-5,7,11,24,30-31H,6H2,1-2H3,(H2,20,21)(H,22,25)(H,26,27)(H,28,29)/b23-12+. The number of carbonyl (C=O) groups excluding carboxylic acids is 1. The summed E-state index contributed by atoms with van der Waals surface area (Å²) in [6.07, 6.45) is -0.371. The number of nitrogens with one attached hydrogen (secondary N) is 1. The number of carboxylic acids is 2. The average molecular weight is 480 g/mol. The first-order valence-electron chi connectivity index (χ1n) is 9.25. The molecule has 13 nitrogen and oxygen atoms in total. The molecule has 1 aromatic carbocycles. The Morgan fingerprint density at radius 3 is 2.48 bits per heavy atom. The monoisotopic (exact) mass is 480 g/mol. The number of benzene rings is 1. The zero-order chi connectivity index (χ0) is 24.9. The first kappa shape index (κ1) is 25.6. The van der Waals surface area contributed by atoms with E-state index in [-0.39, 0.29) is 22.8 Å². The molecule has 176 valence electrons. The van der Waals surface area contributed by atoms with Crippen LogP contribution in [-0.2, 0) is 20.8 Å². The number of aromatic carboxylic acids is 1. The second-order valence-corrected chi connectivity index (χ2v) is 8.12. The number of carbonyl (C=O) groups is 3. The van der Waals surface area contributed by atoms with Gasteiger partial charge in [-0.25, -0.2) is 14.6 Å². The molecule has 1 unspecified atom stereocenters. The molecule has 1 heterocycles. The van der Waals surface area contributed by atoms with Gasteiger partial charge in [0.15, 0.2) is 10.8 Å². The number of hydrogen-bond acceptors (Lipinski definition) is 11. The van der Waals surface area contributed by atoms with Crippen LogP contribution in [0.25, 0.3) is 0 Å². The van der Waals surface area contributed by atoms with Crippen molar-refractivity contribution < 1.29 is 44.6 Å². The molecule has 0 radical (unpaired) electrons. The number of phenols is 1. The Hall–Kier alpha value is -3.69. The molecule has 0 bridgehead atoms. The molecular formula is C18H21BN4O9S. The number of thiazole rings is 1. The van der Waals surface area contributed by atoms with Gasteiger partial charge in [0, 0.05) is 5.38 Å². The maximum absolute atomic E-state index is 12.9. The minimum atomic E-state index is -2.13. The minimum absolute atomic E-state index is 0.0213. The van der Waals surface area contributed by atoms with Gasteiger partial charge >= 0.3 is 19.1 Å². The van der Waals surface area contributed by atoms with E-state index in [0.29, 0.717) is 0 Å². The third-order valence-electron chi connectivity index (χ3n) is 4.33. The summed E-state index contributed by atoms with van der Waals surface area (Å²) in [4.78, 5) is 44.2. The lowest BCUT2D eigenvalue weighted by molar-refractivity contribution is -0.161. The summed E-state index contributed by atoms with van der Waals surface area (Å²) in [5, 5.41) is 55.3. The summed E-state index contributed by atoms with van der Waals surface area (Å²) in [6, 6.07) is 3.84. The van der Waals surface area contributed by atoms with Crippen LogP contribution in [0, 0.1) is 0 Å². The van der Waals surface area contributed by atoms with Crippen LogP contribution >= 0.6 is 11.3 Å². The van der Waals surface area contributed by atoms with Gasteiger partial charge in [-0.1, -0.05) is 17.3 Å². The zero-order valence-electron chi connectivity index (χ0n) is 17.4. The third kappa shape index (κ3) is 6.41. The molecule has 2 rings (SSSR count). The highest BCUT2D eigenvalue weighted by molar-refractivity contribution is 7.13. The zero-order valence-corrected chi connectivity index (χ0v) is 18.2. The van der Waals surface area contributed by atoms with Crippen molar-refractivity contribution in [2.45, 2.75) is 31.8 Å². The van der Waals surface area contributed by atoms with Crippen LogP contribution in [0.4, 0.5) is 5.13 Å². The van der Waals surface area contributed by atoms with E-state index in [1.54, 1.807) is 0 Å². The first-order chi connectivity index (χ1) is 15.3. The lowest BCUT2D eigenvalue weighted by Crippen LogP contribution is -2.50. The van der Waals surface area contributed by atoms with Gasteiger partial charge in [0.25, 0.3) is 5.91 Å². The Morgan fingerprint density at radius 1 is 1.30 bits per heavy atom. The van der Waals surface area contributed by atoms with E-state index in [1.165, 1.54) is 31.4 Å². The van der Waals surface area contributed by atoms with Crippen LogP contribution in [-0.4, -0.2) is 72.6 Å². The molecule has 1 aromatic heterocycles. The fraction of sp³-hybridized carbons (Fsp3) is 0.278. The second-order valence-electron chi connectivity index (χ2n) is 7.23. The fourth-order valence-electron chi connectivity index (χ4n) is 2.43. The number of aromatic hydroxyl groups is 1. The van der Waals surface area contributed by atoms with Gasteiger partial charge in [-0.3, -0.25) is 4.79 Å². The smallest absolute Gasteiger partial charge is 0.475 e. The quantitative estimate of drug-likeness (QED) is 0.130. The molecule has 0 spiro atoms. The van der Waals surface area contributed by atoms with Crippen molar-refractivity contribution in [1.29, 1.82) is 0 Å². The highest BCUT2D eigenvalue weighted by Crippen LogP contribution is 2.24. The molecule has 8 N–H and O–H groups in total. The van der Waals surface area contributed by atoms with Crippen LogP contribution in [0.5, 0.6) is 5.75 Å². The fourth-order valence-corrected chi connectivity index (χ4v) is 2.98. The number of hydrogen-bond donors (Lipinski definition) is 7. The summed E-state index contributed by atoms with van der Waals surface area (Å²) in [5.41, 5.74) is 2.85. The number of para-hydroxylation sites is 1. The van der Waals surface area contributed by atoms with Crippen LogP contribution in [0.3, 0.4) is 0 Å². The van der Waals surface area contributed by atoms with Crippen molar-refractivity contribution in [3.8, 4) is 5.75 Å². The Balaban J connectivity index is 2.34. The van der Waals surface area contributed by atoms with Crippen molar-refractivity contribution in [3.63, 3.8) is 0 Å². The molecule has 0 fully saturated rings. The Bertz CT molecular complexity index is 1090. The molecule has 0 saturated carbocycles. The maximum atomic E-state index is 12.9. The van der Waals surface area contributed by atoms with Crippen LogP contribution in [0.15, 0.2) is 28.7 Å². The molecule has 0 aliphatic rings. The van der Waals surface area contributed by atoms with E-state index >= 15 is 0 Å². The number of aliphatic carboxylic acids is 1. The van der Waals surface area contributed by atoms with Gasteiger partial charge in [-0.15, -0.1) is 11.3 Å². The lowest BCUT2D eigenvalue weighted by Gasteiger charge is -2.20. The highest BCUT2D eigenvalue weighted by Gasteiger charge is 2.33. The van der Waals surface area contributed by atoms with Gasteiger partial charge < -0.3 is 41.3 Å². The average Bonchev–Trinajstić information content (AvgIpc) is 3.14. The maximum Gasteiger partial charge on any atom is 0.475 e. The molecule has 0 saturated heterocycles. The summed E-state index contributed by atoms with van der Waals surface area (Å²) in [7, 11) is -2.13.